The molecule has 0 spiro atoms. The summed E-state index contributed by atoms with van der Waals surface area (Å²) in [5.74, 6) is 2.71. The molecular formula is C17H22N4. The van der Waals surface area contributed by atoms with Crippen LogP contribution in [0.5, 0.6) is 0 Å². The van der Waals surface area contributed by atoms with Gasteiger partial charge in [-0.1, -0.05) is 25.1 Å². The van der Waals surface area contributed by atoms with E-state index in [0.717, 1.165) is 36.8 Å². The molecule has 3 rings (SSSR count). The molecule has 2 heterocycles. The average Bonchev–Trinajstić information content (AvgIpc) is 2.80. The Bertz CT molecular complexity index is 638. The van der Waals surface area contributed by atoms with E-state index in [1.807, 2.05) is 6.92 Å². The molecule has 110 valence electrons. The van der Waals surface area contributed by atoms with E-state index in [2.05, 4.69) is 64.4 Å². The molecule has 1 atom stereocenters. The van der Waals surface area contributed by atoms with Gasteiger partial charge in [-0.25, -0.2) is 9.97 Å². The summed E-state index contributed by atoms with van der Waals surface area (Å²) in [4.78, 5) is 11.4. The van der Waals surface area contributed by atoms with Crippen LogP contribution in [-0.4, -0.2) is 22.6 Å². The third kappa shape index (κ3) is 2.71. The first kappa shape index (κ1) is 13.9. The Hall–Kier alpha value is -2.10. The van der Waals surface area contributed by atoms with E-state index in [0.29, 0.717) is 6.04 Å². The molecule has 1 N–H and O–H groups in total. The predicted octanol–water partition coefficient (Wildman–Crippen LogP) is 3.69. The first-order valence-electron chi connectivity index (χ1n) is 7.65. The molecule has 1 aliphatic heterocycles. The number of fused-ring (bicyclic) bond motifs is 1. The molecule has 0 saturated carbocycles. The molecule has 0 radical (unpaired) electrons. The Labute approximate surface area is 126 Å². The number of nitrogens with zero attached hydrogens (tertiary/aromatic N) is 3. The fourth-order valence-electron chi connectivity index (χ4n) is 2.93. The molecule has 4 nitrogen and oxygen atoms in total. The van der Waals surface area contributed by atoms with Gasteiger partial charge in [0, 0.05) is 24.3 Å². The molecule has 1 unspecified atom stereocenters. The van der Waals surface area contributed by atoms with Gasteiger partial charge < -0.3 is 10.2 Å². The summed E-state index contributed by atoms with van der Waals surface area (Å²) in [6, 6.07) is 11.1. The van der Waals surface area contributed by atoms with Crippen molar-refractivity contribution in [3.63, 3.8) is 0 Å². The number of anilines is 3. The van der Waals surface area contributed by atoms with Crippen molar-refractivity contribution in [2.75, 3.05) is 16.8 Å². The standard InChI is InChI=1S/C17H22N4/c1-4-9-18-16-11-17(20-13(3)19-16)21-12(2)10-14-7-5-6-8-15(14)21/h5-8,11-12H,4,9-10H2,1-3H3,(H,18,19,20). The summed E-state index contributed by atoms with van der Waals surface area (Å²) in [7, 11) is 0. The number of benzene rings is 1. The van der Waals surface area contributed by atoms with E-state index in [-0.39, 0.29) is 0 Å². The van der Waals surface area contributed by atoms with Crippen LogP contribution in [0.25, 0.3) is 0 Å². The number of aryl methyl sites for hydroxylation is 1. The van der Waals surface area contributed by atoms with Gasteiger partial charge in [-0.05, 0) is 38.3 Å². The van der Waals surface area contributed by atoms with Crippen molar-refractivity contribution in [3.8, 4) is 0 Å². The topological polar surface area (TPSA) is 41.0 Å². The van der Waals surface area contributed by atoms with Crippen LogP contribution in [0.2, 0.25) is 0 Å². The Morgan fingerprint density at radius 1 is 1.29 bits per heavy atom. The van der Waals surface area contributed by atoms with Crippen molar-refractivity contribution in [2.24, 2.45) is 0 Å². The lowest BCUT2D eigenvalue weighted by molar-refractivity contribution is 0.747. The van der Waals surface area contributed by atoms with Crippen LogP contribution in [0.1, 0.15) is 31.7 Å². The number of nitrogens with one attached hydrogen (secondary N) is 1. The Morgan fingerprint density at radius 3 is 2.90 bits per heavy atom. The van der Waals surface area contributed by atoms with E-state index in [9.17, 15) is 0 Å². The maximum atomic E-state index is 4.65. The van der Waals surface area contributed by atoms with Gasteiger partial charge in [-0.2, -0.15) is 0 Å². The quantitative estimate of drug-likeness (QED) is 0.928. The van der Waals surface area contributed by atoms with Crippen molar-refractivity contribution in [1.82, 2.24) is 9.97 Å². The fraction of sp³-hybridized carbons (Fsp3) is 0.412. The molecular weight excluding hydrogens is 260 g/mol. The lowest BCUT2D eigenvalue weighted by Crippen LogP contribution is -2.25. The monoisotopic (exact) mass is 282 g/mol. The number of hydrogen-bond acceptors (Lipinski definition) is 4. The second-order valence-corrected chi connectivity index (χ2v) is 5.64. The summed E-state index contributed by atoms with van der Waals surface area (Å²) in [5, 5.41) is 3.36. The van der Waals surface area contributed by atoms with Gasteiger partial charge in [-0.15, -0.1) is 0 Å². The van der Waals surface area contributed by atoms with Gasteiger partial charge in [-0.3, -0.25) is 0 Å². The summed E-state index contributed by atoms with van der Waals surface area (Å²) in [5.41, 5.74) is 2.66. The smallest absolute Gasteiger partial charge is 0.139 e. The second kappa shape index (κ2) is 5.72. The molecule has 1 aromatic carbocycles. The number of rotatable bonds is 4. The van der Waals surface area contributed by atoms with Crippen LogP contribution in [0, 0.1) is 6.92 Å². The van der Waals surface area contributed by atoms with Gasteiger partial charge in [0.15, 0.2) is 0 Å². The van der Waals surface area contributed by atoms with E-state index >= 15 is 0 Å². The first-order chi connectivity index (χ1) is 10.2. The number of hydrogen-bond donors (Lipinski definition) is 1. The Balaban J connectivity index is 1.98. The normalized spacial score (nSPS) is 16.9. The second-order valence-electron chi connectivity index (χ2n) is 5.64. The van der Waals surface area contributed by atoms with Crippen molar-refractivity contribution in [1.29, 1.82) is 0 Å². The van der Waals surface area contributed by atoms with E-state index in [4.69, 9.17) is 0 Å². The van der Waals surface area contributed by atoms with Gasteiger partial charge >= 0.3 is 0 Å². The molecule has 2 aromatic rings. The number of para-hydroxylation sites is 1. The minimum absolute atomic E-state index is 0.427. The third-order valence-electron chi connectivity index (χ3n) is 3.83. The molecule has 1 aliphatic rings. The van der Waals surface area contributed by atoms with Crippen LogP contribution in [0.3, 0.4) is 0 Å². The fourth-order valence-corrected chi connectivity index (χ4v) is 2.93. The summed E-state index contributed by atoms with van der Waals surface area (Å²) in [6.07, 6.45) is 2.15. The highest BCUT2D eigenvalue weighted by Crippen LogP contribution is 2.37. The maximum Gasteiger partial charge on any atom is 0.139 e. The lowest BCUT2D eigenvalue weighted by Gasteiger charge is -2.24. The van der Waals surface area contributed by atoms with Crippen LogP contribution < -0.4 is 10.2 Å². The molecule has 0 fully saturated rings. The lowest BCUT2D eigenvalue weighted by atomic mass is 10.1. The largest absolute Gasteiger partial charge is 0.370 e. The van der Waals surface area contributed by atoms with Gasteiger partial charge in [0.25, 0.3) is 0 Å². The van der Waals surface area contributed by atoms with E-state index in [1.54, 1.807) is 0 Å². The maximum absolute atomic E-state index is 4.65. The molecule has 0 saturated heterocycles. The Morgan fingerprint density at radius 2 is 2.10 bits per heavy atom. The highest BCUT2D eigenvalue weighted by atomic mass is 15.2. The zero-order valence-electron chi connectivity index (χ0n) is 12.9. The summed E-state index contributed by atoms with van der Waals surface area (Å²) in [6.45, 7) is 7.28. The molecule has 0 amide bonds. The first-order valence-corrected chi connectivity index (χ1v) is 7.65. The summed E-state index contributed by atoms with van der Waals surface area (Å²) < 4.78 is 0. The van der Waals surface area contributed by atoms with Crippen LogP contribution in [0.15, 0.2) is 30.3 Å². The van der Waals surface area contributed by atoms with Crippen LogP contribution in [0.4, 0.5) is 17.3 Å². The van der Waals surface area contributed by atoms with Gasteiger partial charge in [0.2, 0.25) is 0 Å². The molecule has 4 heteroatoms. The summed E-state index contributed by atoms with van der Waals surface area (Å²) >= 11 is 0. The Kier molecular flexibility index (Phi) is 3.78. The van der Waals surface area contributed by atoms with Crippen molar-refractivity contribution < 1.29 is 0 Å². The van der Waals surface area contributed by atoms with Gasteiger partial charge in [0.1, 0.15) is 17.5 Å². The molecule has 21 heavy (non-hydrogen) atoms. The van der Waals surface area contributed by atoms with Crippen LogP contribution >= 0.6 is 0 Å². The minimum Gasteiger partial charge on any atom is -0.370 e. The SMILES string of the molecule is CCCNc1cc(N2c3ccccc3CC2C)nc(C)n1. The molecule has 0 aliphatic carbocycles. The van der Waals surface area contributed by atoms with E-state index < -0.39 is 0 Å². The van der Waals surface area contributed by atoms with E-state index in [1.165, 1.54) is 11.3 Å². The van der Waals surface area contributed by atoms with Crippen molar-refractivity contribution in [3.05, 3.63) is 41.7 Å². The third-order valence-corrected chi connectivity index (χ3v) is 3.83. The zero-order chi connectivity index (χ0) is 14.8. The highest BCUT2D eigenvalue weighted by Gasteiger charge is 2.28. The molecule has 0 bridgehead atoms. The van der Waals surface area contributed by atoms with Crippen molar-refractivity contribution in [2.45, 2.75) is 39.7 Å². The highest BCUT2D eigenvalue weighted by molar-refractivity contribution is 5.70. The van der Waals surface area contributed by atoms with Gasteiger partial charge in [0.05, 0.1) is 0 Å². The molecule has 1 aromatic heterocycles. The minimum atomic E-state index is 0.427. The number of aromatic nitrogens is 2. The average molecular weight is 282 g/mol. The predicted molar refractivity (Wildman–Crippen MR) is 87.3 cm³/mol. The van der Waals surface area contributed by atoms with Crippen LogP contribution in [-0.2, 0) is 6.42 Å². The zero-order valence-corrected chi connectivity index (χ0v) is 12.9. The van der Waals surface area contributed by atoms with Crippen molar-refractivity contribution >= 4 is 17.3 Å².